The number of thioether (sulfide) groups is 1. The maximum atomic E-state index is 13.9. The van der Waals surface area contributed by atoms with Gasteiger partial charge in [-0.05, 0) is 55.5 Å². The molecule has 0 unspecified atom stereocenters. The van der Waals surface area contributed by atoms with Crippen LogP contribution >= 0.6 is 11.8 Å². The number of pyridine rings is 1. The Kier molecular flexibility index (Phi) is 7.44. The average Bonchev–Trinajstić information content (AvgIpc) is 3.07. The molecule has 0 amide bonds. The third kappa shape index (κ3) is 4.82. The van der Waals surface area contributed by atoms with Crippen LogP contribution in [0.5, 0.6) is 5.75 Å². The molecule has 0 radical (unpaired) electrons. The number of aromatic nitrogens is 2. The molecule has 0 aliphatic carbocycles. The first-order chi connectivity index (χ1) is 14.5. The summed E-state index contributed by atoms with van der Waals surface area (Å²) in [6.07, 6.45) is 4.66. The van der Waals surface area contributed by atoms with E-state index in [9.17, 15) is 18.7 Å². The highest BCUT2D eigenvalue weighted by Gasteiger charge is 2.22. The van der Waals surface area contributed by atoms with Gasteiger partial charge in [0.25, 0.3) is 0 Å². The molecular formula is C22H24F2N2O3S. The van der Waals surface area contributed by atoms with Gasteiger partial charge in [-0.2, -0.15) is 11.8 Å². The van der Waals surface area contributed by atoms with Gasteiger partial charge in [0.1, 0.15) is 23.9 Å². The second kappa shape index (κ2) is 10.0. The fourth-order valence-corrected chi connectivity index (χ4v) is 3.90. The van der Waals surface area contributed by atoms with E-state index in [1.807, 2.05) is 6.26 Å². The van der Waals surface area contributed by atoms with E-state index >= 15 is 0 Å². The van der Waals surface area contributed by atoms with Gasteiger partial charge in [-0.15, -0.1) is 0 Å². The summed E-state index contributed by atoms with van der Waals surface area (Å²) in [7, 11) is 0. The van der Waals surface area contributed by atoms with E-state index in [1.165, 1.54) is 18.2 Å². The number of carbonyl (C=O) groups is 1. The molecule has 160 valence electrons. The number of ketones is 1. The van der Waals surface area contributed by atoms with Gasteiger partial charge in [-0.1, -0.05) is 6.07 Å². The van der Waals surface area contributed by atoms with Crippen molar-refractivity contribution < 1.29 is 23.4 Å². The number of imidazole rings is 1. The van der Waals surface area contributed by atoms with Crippen LogP contribution in [0.15, 0.2) is 36.5 Å². The molecule has 0 fully saturated rings. The Morgan fingerprint density at radius 2 is 2.00 bits per heavy atom. The van der Waals surface area contributed by atoms with Crippen LogP contribution in [0.2, 0.25) is 0 Å². The summed E-state index contributed by atoms with van der Waals surface area (Å²) in [5.41, 5.74) is 1.20. The van der Waals surface area contributed by atoms with E-state index in [0.717, 1.165) is 12.2 Å². The number of nitrogens with zero attached hydrogens (tertiary/aromatic N) is 2. The van der Waals surface area contributed by atoms with Crippen molar-refractivity contribution in [2.45, 2.75) is 26.4 Å². The van der Waals surface area contributed by atoms with Gasteiger partial charge in [-0.3, -0.25) is 9.20 Å². The lowest BCUT2D eigenvalue weighted by Gasteiger charge is -2.13. The van der Waals surface area contributed by atoms with Gasteiger partial charge < -0.3 is 9.84 Å². The first kappa shape index (κ1) is 22.2. The Hall–Kier alpha value is -2.45. The number of halogens is 2. The molecular weight excluding hydrogens is 410 g/mol. The number of aliphatic hydroxyl groups is 1. The minimum absolute atomic E-state index is 0.0509. The summed E-state index contributed by atoms with van der Waals surface area (Å²) in [6.45, 7) is 1.38. The number of hydrogen-bond donors (Lipinski definition) is 1. The van der Waals surface area contributed by atoms with Crippen molar-refractivity contribution >= 4 is 23.2 Å². The van der Waals surface area contributed by atoms with E-state index in [-0.39, 0.29) is 36.9 Å². The number of hydrogen-bond acceptors (Lipinski definition) is 5. The monoisotopic (exact) mass is 434 g/mol. The van der Waals surface area contributed by atoms with Crippen LogP contribution in [0.1, 0.15) is 34.6 Å². The van der Waals surface area contributed by atoms with E-state index in [1.54, 1.807) is 41.4 Å². The van der Waals surface area contributed by atoms with Gasteiger partial charge in [0, 0.05) is 19.2 Å². The minimum atomic E-state index is -0.683. The molecule has 0 spiro atoms. The van der Waals surface area contributed by atoms with E-state index in [0.29, 0.717) is 22.8 Å². The predicted octanol–water partition coefficient (Wildman–Crippen LogP) is 4.43. The van der Waals surface area contributed by atoms with Crippen LogP contribution in [-0.4, -0.2) is 38.9 Å². The zero-order valence-electron chi connectivity index (χ0n) is 16.9. The van der Waals surface area contributed by atoms with Crippen molar-refractivity contribution in [3.05, 3.63) is 65.1 Å². The molecule has 1 atom stereocenters. The van der Waals surface area contributed by atoms with Crippen molar-refractivity contribution in [2.75, 3.05) is 18.6 Å². The van der Waals surface area contributed by atoms with Crippen LogP contribution in [0.4, 0.5) is 8.78 Å². The molecule has 0 aliphatic heterocycles. The van der Waals surface area contributed by atoms with Gasteiger partial charge in [0.15, 0.2) is 17.2 Å². The van der Waals surface area contributed by atoms with Gasteiger partial charge in [-0.25, -0.2) is 13.8 Å². The third-order valence-corrected chi connectivity index (χ3v) is 5.59. The van der Waals surface area contributed by atoms with Crippen LogP contribution in [-0.2, 0) is 6.61 Å². The van der Waals surface area contributed by atoms with Gasteiger partial charge in [0.05, 0.1) is 11.3 Å². The molecule has 0 saturated heterocycles. The molecule has 0 saturated carbocycles. The van der Waals surface area contributed by atoms with Gasteiger partial charge in [0.2, 0.25) is 0 Å². The van der Waals surface area contributed by atoms with E-state index in [2.05, 4.69) is 4.98 Å². The third-order valence-electron chi connectivity index (χ3n) is 4.95. The molecule has 8 heteroatoms. The zero-order chi connectivity index (χ0) is 21.7. The summed E-state index contributed by atoms with van der Waals surface area (Å²) in [5.74, 6) is -0.399. The summed E-state index contributed by atoms with van der Waals surface area (Å²) in [5, 5.41) is 9.58. The first-order valence-corrected chi connectivity index (χ1v) is 11.0. The summed E-state index contributed by atoms with van der Waals surface area (Å²) in [4.78, 5) is 17.4. The van der Waals surface area contributed by atoms with Crippen LogP contribution in [0.3, 0.4) is 0 Å². The number of Topliss-reactive ketones (excluding diaryl/α,β-unsaturated/α-hetero) is 1. The number of aryl methyl sites for hydroxylation is 1. The second-order valence-electron chi connectivity index (χ2n) is 7.06. The molecule has 0 bridgehead atoms. The molecule has 2 heterocycles. The maximum absolute atomic E-state index is 13.9. The van der Waals surface area contributed by atoms with Crippen molar-refractivity contribution in [3.63, 3.8) is 0 Å². The maximum Gasteiger partial charge on any atom is 0.181 e. The highest BCUT2D eigenvalue weighted by atomic mass is 32.2. The average molecular weight is 435 g/mol. The Morgan fingerprint density at radius 1 is 1.27 bits per heavy atom. The number of benzene rings is 1. The lowest BCUT2D eigenvalue weighted by Crippen LogP contribution is -2.15. The van der Waals surface area contributed by atoms with E-state index in [4.69, 9.17) is 4.74 Å². The van der Waals surface area contributed by atoms with Crippen molar-refractivity contribution in [1.29, 1.82) is 0 Å². The number of ether oxygens (including phenoxy) is 1. The minimum Gasteiger partial charge on any atom is -0.485 e. The smallest absolute Gasteiger partial charge is 0.181 e. The molecule has 1 aromatic carbocycles. The quantitative estimate of drug-likeness (QED) is 0.478. The van der Waals surface area contributed by atoms with Crippen LogP contribution in [0.25, 0.3) is 5.65 Å². The van der Waals surface area contributed by atoms with Crippen molar-refractivity contribution in [1.82, 2.24) is 9.38 Å². The van der Waals surface area contributed by atoms with Gasteiger partial charge >= 0.3 is 0 Å². The van der Waals surface area contributed by atoms with Crippen molar-refractivity contribution in [2.24, 2.45) is 5.92 Å². The predicted molar refractivity (Wildman–Crippen MR) is 113 cm³/mol. The number of rotatable bonds is 10. The van der Waals surface area contributed by atoms with E-state index < -0.39 is 11.6 Å². The highest BCUT2D eigenvalue weighted by Crippen LogP contribution is 2.26. The Labute approximate surface area is 178 Å². The molecule has 5 nitrogen and oxygen atoms in total. The molecule has 3 aromatic rings. The molecule has 2 aromatic heterocycles. The van der Waals surface area contributed by atoms with Crippen LogP contribution < -0.4 is 4.74 Å². The van der Waals surface area contributed by atoms with Crippen molar-refractivity contribution in [3.8, 4) is 5.75 Å². The molecule has 1 N–H and O–H groups in total. The lowest BCUT2D eigenvalue weighted by molar-refractivity contribution is 0.0928. The number of fused-ring (bicyclic) bond motifs is 1. The number of carbonyl (C=O) groups excluding carboxylic acids is 1. The Bertz CT molecular complexity index is 1020. The Balaban J connectivity index is 1.85. The largest absolute Gasteiger partial charge is 0.485 e. The zero-order valence-corrected chi connectivity index (χ0v) is 17.7. The molecule has 30 heavy (non-hydrogen) atoms. The molecule has 3 rings (SSSR count). The standard InChI is InChI=1S/C22H24F2N2O3S/c1-14-21(19(28)11-15(12-27)8-10-30-2)26-9-4-7-20(22(26)25-14)29-13-16-17(23)5-3-6-18(16)24/h3-7,9,15,27H,8,10-13H2,1-2H3/t15-/m0/s1. The summed E-state index contributed by atoms with van der Waals surface area (Å²) < 4.78 is 35.0. The summed E-state index contributed by atoms with van der Waals surface area (Å²) >= 11 is 1.67. The topological polar surface area (TPSA) is 63.8 Å². The lowest BCUT2D eigenvalue weighted by atomic mass is 9.98. The summed E-state index contributed by atoms with van der Waals surface area (Å²) in [6, 6.07) is 6.98. The second-order valence-corrected chi connectivity index (χ2v) is 8.04. The van der Waals surface area contributed by atoms with Crippen LogP contribution in [0, 0.1) is 24.5 Å². The number of aliphatic hydroxyl groups excluding tert-OH is 1. The fraction of sp³-hybridized carbons (Fsp3) is 0.364. The first-order valence-electron chi connectivity index (χ1n) is 9.62. The SMILES string of the molecule is CSCC[C@H](CO)CC(=O)c1c(C)nc2c(OCc3c(F)cccc3F)cccn12. The fourth-order valence-electron chi connectivity index (χ4n) is 3.33. The molecule has 0 aliphatic rings. The highest BCUT2D eigenvalue weighted by molar-refractivity contribution is 7.98. The Morgan fingerprint density at radius 3 is 2.67 bits per heavy atom. The normalized spacial score (nSPS) is 12.3.